The third-order valence-corrected chi connectivity index (χ3v) is 6.36. The van der Waals surface area contributed by atoms with Gasteiger partial charge in [-0.1, -0.05) is 12.1 Å². The van der Waals surface area contributed by atoms with Crippen LogP contribution in [0, 0.1) is 6.92 Å². The largest absolute Gasteiger partial charge is 0.333 e. The number of carbonyl (C=O) groups is 1. The van der Waals surface area contributed by atoms with Gasteiger partial charge in [0, 0.05) is 11.4 Å². The van der Waals surface area contributed by atoms with Gasteiger partial charge in [-0.3, -0.25) is 4.79 Å². The monoisotopic (exact) mass is 348 g/mol. The van der Waals surface area contributed by atoms with E-state index < -0.39 is 0 Å². The van der Waals surface area contributed by atoms with Gasteiger partial charge < -0.3 is 4.90 Å². The second-order valence-electron chi connectivity index (χ2n) is 4.81. The Morgan fingerprint density at radius 1 is 1.23 bits per heavy atom. The van der Waals surface area contributed by atoms with Crippen molar-refractivity contribution in [1.82, 2.24) is 9.88 Å². The van der Waals surface area contributed by atoms with Gasteiger partial charge in [-0.05, 0) is 36.7 Å². The maximum Gasteiger partial charge on any atom is 0.266 e. The first-order valence-electron chi connectivity index (χ1n) is 7.02. The fraction of sp³-hybridized carbons (Fsp3) is 0.250. The van der Waals surface area contributed by atoms with Gasteiger partial charge in [0.05, 0.1) is 17.1 Å². The minimum Gasteiger partial charge on any atom is -0.333 e. The minimum atomic E-state index is 0.0775. The summed E-state index contributed by atoms with van der Waals surface area (Å²) in [6.07, 6.45) is 0. The molecule has 3 nitrogen and oxygen atoms in total. The number of hydrogen-bond donors (Lipinski definition) is 0. The van der Waals surface area contributed by atoms with E-state index in [2.05, 4.69) is 11.1 Å². The molecule has 0 atom stereocenters. The number of rotatable bonds is 5. The molecule has 0 radical (unpaired) electrons. The molecular formula is C16H16N2OS3. The van der Waals surface area contributed by atoms with Crippen molar-refractivity contribution in [2.24, 2.45) is 0 Å². The van der Waals surface area contributed by atoms with E-state index in [1.807, 2.05) is 47.7 Å². The number of thiophene rings is 2. The molecule has 0 saturated carbocycles. The molecule has 1 amide bonds. The van der Waals surface area contributed by atoms with Crippen molar-refractivity contribution in [2.45, 2.75) is 20.4 Å². The van der Waals surface area contributed by atoms with Crippen molar-refractivity contribution in [2.75, 3.05) is 6.54 Å². The lowest BCUT2D eigenvalue weighted by Crippen LogP contribution is -2.29. The van der Waals surface area contributed by atoms with Crippen LogP contribution in [0.15, 0.2) is 35.0 Å². The molecule has 3 aromatic rings. The normalized spacial score (nSPS) is 10.8. The number of thiazole rings is 1. The van der Waals surface area contributed by atoms with Crippen LogP contribution in [0.3, 0.4) is 0 Å². The highest BCUT2D eigenvalue weighted by Gasteiger charge is 2.21. The SMILES string of the molecule is CCN(Cc1cccs1)C(=O)c1sc(-c2cccs2)nc1C. The van der Waals surface area contributed by atoms with Crippen LogP contribution >= 0.6 is 34.0 Å². The number of hydrogen-bond acceptors (Lipinski definition) is 5. The van der Waals surface area contributed by atoms with E-state index in [1.165, 1.54) is 16.2 Å². The zero-order valence-corrected chi connectivity index (χ0v) is 14.9. The average molecular weight is 349 g/mol. The van der Waals surface area contributed by atoms with Crippen molar-refractivity contribution in [3.63, 3.8) is 0 Å². The Labute approximate surface area is 141 Å². The fourth-order valence-electron chi connectivity index (χ4n) is 2.16. The van der Waals surface area contributed by atoms with Crippen LogP contribution in [-0.4, -0.2) is 22.3 Å². The minimum absolute atomic E-state index is 0.0775. The molecule has 0 aliphatic heterocycles. The van der Waals surface area contributed by atoms with E-state index >= 15 is 0 Å². The quantitative estimate of drug-likeness (QED) is 0.657. The van der Waals surface area contributed by atoms with E-state index in [-0.39, 0.29) is 5.91 Å². The lowest BCUT2D eigenvalue weighted by Gasteiger charge is -2.19. The van der Waals surface area contributed by atoms with Gasteiger partial charge in [0.2, 0.25) is 0 Å². The summed E-state index contributed by atoms with van der Waals surface area (Å²) in [4.78, 5) is 22.3. The highest BCUT2D eigenvalue weighted by atomic mass is 32.1. The Hall–Kier alpha value is -1.50. The van der Waals surface area contributed by atoms with Crippen LogP contribution in [0.25, 0.3) is 9.88 Å². The number of aromatic nitrogens is 1. The van der Waals surface area contributed by atoms with E-state index in [0.29, 0.717) is 13.1 Å². The molecule has 0 aromatic carbocycles. The second-order valence-corrected chi connectivity index (χ2v) is 7.79. The molecule has 0 fully saturated rings. The molecule has 3 rings (SSSR count). The predicted octanol–water partition coefficient (Wildman–Crippen LogP) is 4.90. The summed E-state index contributed by atoms with van der Waals surface area (Å²) >= 11 is 4.83. The maximum absolute atomic E-state index is 12.8. The summed E-state index contributed by atoms with van der Waals surface area (Å²) < 4.78 is 0. The molecule has 3 aromatic heterocycles. The number of carbonyl (C=O) groups excluding carboxylic acids is 1. The van der Waals surface area contributed by atoms with Crippen LogP contribution < -0.4 is 0 Å². The Morgan fingerprint density at radius 3 is 2.64 bits per heavy atom. The predicted molar refractivity (Wildman–Crippen MR) is 94.9 cm³/mol. The lowest BCUT2D eigenvalue weighted by atomic mass is 10.3. The molecule has 6 heteroatoms. The third-order valence-electron chi connectivity index (χ3n) is 3.32. The van der Waals surface area contributed by atoms with E-state index in [9.17, 15) is 4.79 Å². The van der Waals surface area contributed by atoms with Crippen molar-refractivity contribution in [1.29, 1.82) is 0 Å². The first-order chi connectivity index (χ1) is 10.7. The van der Waals surface area contributed by atoms with Gasteiger partial charge in [0.1, 0.15) is 9.88 Å². The Bertz CT molecular complexity index is 745. The van der Waals surface area contributed by atoms with Crippen LogP contribution in [0.1, 0.15) is 27.2 Å². The average Bonchev–Trinajstić information content (AvgIpc) is 3.25. The summed E-state index contributed by atoms with van der Waals surface area (Å²) in [5.41, 5.74) is 0.822. The molecule has 0 N–H and O–H groups in total. The van der Waals surface area contributed by atoms with Gasteiger partial charge in [-0.15, -0.1) is 34.0 Å². The molecule has 0 saturated heterocycles. The standard InChI is InChI=1S/C16H16N2OS3/c1-3-18(10-12-6-4-8-20-12)16(19)14-11(2)17-15(22-14)13-7-5-9-21-13/h4-9H,3,10H2,1-2H3. The van der Waals surface area contributed by atoms with Crippen molar-refractivity contribution < 1.29 is 4.79 Å². The molecule has 114 valence electrons. The highest BCUT2D eigenvalue weighted by Crippen LogP contribution is 2.32. The van der Waals surface area contributed by atoms with Crippen LogP contribution in [0.4, 0.5) is 0 Å². The van der Waals surface area contributed by atoms with Gasteiger partial charge in [0.15, 0.2) is 0 Å². The molecular weight excluding hydrogens is 332 g/mol. The zero-order valence-electron chi connectivity index (χ0n) is 12.4. The summed E-state index contributed by atoms with van der Waals surface area (Å²) in [6.45, 7) is 5.29. The summed E-state index contributed by atoms with van der Waals surface area (Å²) in [5.74, 6) is 0.0775. The molecule has 22 heavy (non-hydrogen) atoms. The maximum atomic E-state index is 12.8. The Kier molecular flexibility index (Phi) is 4.71. The summed E-state index contributed by atoms with van der Waals surface area (Å²) in [5, 5.41) is 5.01. The molecule has 0 unspecified atom stereocenters. The van der Waals surface area contributed by atoms with E-state index in [1.54, 1.807) is 22.7 Å². The fourth-order valence-corrected chi connectivity index (χ4v) is 4.71. The highest BCUT2D eigenvalue weighted by molar-refractivity contribution is 7.22. The zero-order chi connectivity index (χ0) is 15.5. The van der Waals surface area contributed by atoms with Crippen molar-refractivity contribution >= 4 is 39.9 Å². The molecule has 3 heterocycles. The van der Waals surface area contributed by atoms with Gasteiger partial charge in [-0.25, -0.2) is 4.98 Å². The first kappa shape index (κ1) is 15.4. The summed E-state index contributed by atoms with van der Waals surface area (Å²) in [7, 11) is 0. The van der Waals surface area contributed by atoms with Crippen molar-refractivity contribution in [3.05, 3.63) is 50.5 Å². The third kappa shape index (κ3) is 3.14. The van der Waals surface area contributed by atoms with E-state index in [4.69, 9.17) is 0 Å². The van der Waals surface area contributed by atoms with Gasteiger partial charge in [0.25, 0.3) is 5.91 Å². The van der Waals surface area contributed by atoms with Crippen LogP contribution in [0.2, 0.25) is 0 Å². The first-order valence-corrected chi connectivity index (χ1v) is 9.59. The van der Waals surface area contributed by atoms with E-state index in [0.717, 1.165) is 20.5 Å². The topological polar surface area (TPSA) is 33.2 Å². The second kappa shape index (κ2) is 6.73. The smallest absolute Gasteiger partial charge is 0.266 e. The molecule has 0 aliphatic rings. The number of amides is 1. The van der Waals surface area contributed by atoms with Gasteiger partial charge in [-0.2, -0.15) is 0 Å². The lowest BCUT2D eigenvalue weighted by molar-refractivity contribution is 0.0758. The Morgan fingerprint density at radius 2 is 2.00 bits per heavy atom. The van der Waals surface area contributed by atoms with Crippen LogP contribution in [0.5, 0.6) is 0 Å². The molecule has 0 spiro atoms. The number of nitrogens with zero attached hydrogens (tertiary/aromatic N) is 2. The van der Waals surface area contributed by atoms with Crippen molar-refractivity contribution in [3.8, 4) is 9.88 Å². The van der Waals surface area contributed by atoms with Crippen LogP contribution in [-0.2, 0) is 6.54 Å². The molecule has 0 aliphatic carbocycles. The molecule has 0 bridgehead atoms. The van der Waals surface area contributed by atoms with Gasteiger partial charge >= 0.3 is 0 Å². The Balaban J connectivity index is 1.84. The summed E-state index contributed by atoms with van der Waals surface area (Å²) in [6, 6.07) is 8.14. The number of aryl methyl sites for hydroxylation is 1.